The number of rotatable bonds is 7. The van der Waals surface area contributed by atoms with Gasteiger partial charge in [-0.15, -0.1) is 0 Å². The van der Waals surface area contributed by atoms with Gasteiger partial charge in [-0.05, 0) is 51.7 Å². The second-order valence-electron chi connectivity index (χ2n) is 7.91. The van der Waals surface area contributed by atoms with E-state index in [-0.39, 0.29) is 23.5 Å². The lowest BCUT2D eigenvalue weighted by molar-refractivity contribution is -0.135. The van der Waals surface area contributed by atoms with Gasteiger partial charge in [0.25, 0.3) is 0 Å². The van der Waals surface area contributed by atoms with E-state index in [2.05, 4.69) is 9.80 Å². The van der Waals surface area contributed by atoms with E-state index < -0.39 is 9.84 Å². The van der Waals surface area contributed by atoms with E-state index in [1.165, 1.54) is 32.4 Å². The maximum atomic E-state index is 13.0. The molecule has 8 heteroatoms. The lowest BCUT2D eigenvalue weighted by Gasteiger charge is -2.38. The summed E-state index contributed by atoms with van der Waals surface area (Å²) in [7, 11) is -1.40. The third kappa shape index (κ3) is 5.18. The van der Waals surface area contributed by atoms with Crippen LogP contribution in [0.4, 0.5) is 0 Å². The van der Waals surface area contributed by atoms with Crippen molar-refractivity contribution in [3.63, 3.8) is 0 Å². The van der Waals surface area contributed by atoms with Crippen molar-refractivity contribution < 1.29 is 17.9 Å². The summed E-state index contributed by atoms with van der Waals surface area (Å²) in [6.07, 6.45) is 5.48. The average Bonchev–Trinajstić information content (AvgIpc) is 3.25. The quantitative estimate of drug-likeness (QED) is 0.622. The van der Waals surface area contributed by atoms with Crippen LogP contribution in [0, 0.1) is 0 Å². The van der Waals surface area contributed by atoms with Crippen LogP contribution in [0.15, 0.2) is 0 Å². The molecule has 3 aliphatic heterocycles. The normalized spacial score (nSPS) is 29.9. The second-order valence-corrected chi connectivity index (χ2v) is 10.1. The number of hydrogen-bond acceptors (Lipinski definition) is 6. The van der Waals surface area contributed by atoms with Crippen LogP contribution in [0.25, 0.3) is 0 Å². The lowest BCUT2D eigenvalue weighted by atomic mass is 10.0. The molecule has 3 aliphatic rings. The van der Waals surface area contributed by atoms with Crippen molar-refractivity contribution in [2.24, 2.45) is 0 Å². The number of carbonyl (C=O) groups excluding carboxylic acids is 1. The Bertz CT molecular complexity index is 577. The zero-order chi connectivity index (χ0) is 18.6. The fraction of sp³-hybridized carbons (Fsp3) is 0.944. The van der Waals surface area contributed by atoms with Crippen molar-refractivity contribution in [1.82, 2.24) is 14.7 Å². The predicted octanol–water partition coefficient (Wildman–Crippen LogP) is 0.209. The first-order valence-corrected chi connectivity index (χ1v) is 11.8. The van der Waals surface area contributed by atoms with E-state index in [4.69, 9.17) is 4.74 Å². The summed E-state index contributed by atoms with van der Waals surface area (Å²) in [5.74, 6) is 0.333. The average molecular weight is 388 g/mol. The summed E-state index contributed by atoms with van der Waals surface area (Å²) in [6, 6.07) is 0.375. The third-order valence-corrected chi connectivity index (χ3v) is 7.75. The van der Waals surface area contributed by atoms with Crippen LogP contribution in [-0.2, 0) is 19.4 Å². The lowest BCUT2D eigenvalue weighted by Crippen LogP contribution is -2.52. The Hall–Kier alpha value is -0.700. The molecule has 150 valence electrons. The highest BCUT2D eigenvalue weighted by Gasteiger charge is 2.35. The Morgan fingerprint density at radius 3 is 2.58 bits per heavy atom. The largest absolute Gasteiger partial charge is 0.383 e. The smallest absolute Gasteiger partial charge is 0.237 e. The second kappa shape index (κ2) is 8.99. The van der Waals surface area contributed by atoms with Crippen molar-refractivity contribution in [2.75, 3.05) is 64.5 Å². The molecule has 1 amide bonds. The molecule has 26 heavy (non-hydrogen) atoms. The third-order valence-electron chi connectivity index (χ3n) is 6.00. The van der Waals surface area contributed by atoms with Gasteiger partial charge in [-0.1, -0.05) is 0 Å². The van der Waals surface area contributed by atoms with Gasteiger partial charge in [-0.25, -0.2) is 8.42 Å². The number of methoxy groups -OCH3 is 1. The summed E-state index contributed by atoms with van der Waals surface area (Å²) < 4.78 is 28.8. The fourth-order valence-electron chi connectivity index (χ4n) is 4.58. The standard InChI is InChI=1S/C18H33N3O4S/c1-25-11-10-21(17-6-12-26(23,24)15-17)18(22)14-19-7-4-5-16(13-19)20-8-2-3-9-20/h16-17H,2-15H2,1H3. The highest BCUT2D eigenvalue weighted by molar-refractivity contribution is 7.91. The van der Waals surface area contributed by atoms with Gasteiger partial charge in [0, 0.05) is 32.3 Å². The first-order valence-electron chi connectivity index (χ1n) is 9.94. The van der Waals surface area contributed by atoms with Crippen molar-refractivity contribution in [3.05, 3.63) is 0 Å². The molecule has 0 spiro atoms. The van der Waals surface area contributed by atoms with Crippen molar-refractivity contribution in [2.45, 2.75) is 44.2 Å². The summed E-state index contributed by atoms with van der Waals surface area (Å²) in [4.78, 5) is 19.6. The minimum absolute atomic E-state index is 0.0474. The number of carbonyl (C=O) groups is 1. The molecular weight excluding hydrogens is 354 g/mol. The Morgan fingerprint density at radius 2 is 1.92 bits per heavy atom. The molecule has 0 aliphatic carbocycles. The van der Waals surface area contributed by atoms with E-state index in [0.717, 1.165) is 19.5 Å². The maximum Gasteiger partial charge on any atom is 0.237 e. The molecule has 0 aromatic heterocycles. The van der Waals surface area contributed by atoms with Gasteiger partial charge in [-0.2, -0.15) is 0 Å². The zero-order valence-electron chi connectivity index (χ0n) is 15.9. The topological polar surface area (TPSA) is 70.2 Å². The monoisotopic (exact) mass is 387 g/mol. The molecule has 0 aromatic carbocycles. The van der Waals surface area contributed by atoms with Crippen molar-refractivity contribution >= 4 is 15.7 Å². The summed E-state index contributed by atoms with van der Waals surface area (Å²) in [6.45, 7) is 5.59. The fourth-order valence-corrected chi connectivity index (χ4v) is 6.31. The number of sulfone groups is 1. The van der Waals surface area contributed by atoms with Crippen LogP contribution >= 0.6 is 0 Å². The number of nitrogens with zero attached hydrogens (tertiary/aromatic N) is 3. The molecule has 0 saturated carbocycles. The SMILES string of the molecule is COCCN(C(=O)CN1CCCC(N2CCCC2)C1)C1CCS(=O)(=O)C1. The van der Waals surface area contributed by atoms with E-state index in [0.29, 0.717) is 32.2 Å². The molecule has 0 N–H and O–H groups in total. The van der Waals surface area contributed by atoms with Crippen LogP contribution in [-0.4, -0.2) is 106 Å². The van der Waals surface area contributed by atoms with Crippen LogP contribution in [0.3, 0.4) is 0 Å². The van der Waals surface area contributed by atoms with Crippen molar-refractivity contribution in [3.8, 4) is 0 Å². The summed E-state index contributed by atoms with van der Waals surface area (Å²) in [5.41, 5.74) is 0. The first-order chi connectivity index (χ1) is 12.5. The predicted molar refractivity (Wildman–Crippen MR) is 101 cm³/mol. The molecule has 2 atom stereocenters. The molecule has 3 heterocycles. The van der Waals surface area contributed by atoms with Gasteiger partial charge in [0.15, 0.2) is 9.84 Å². The van der Waals surface area contributed by atoms with Gasteiger partial charge in [0.2, 0.25) is 5.91 Å². The van der Waals surface area contributed by atoms with Gasteiger partial charge >= 0.3 is 0 Å². The number of amides is 1. The molecule has 0 bridgehead atoms. The van der Waals surface area contributed by atoms with Gasteiger partial charge in [-0.3, -0.25) is 14.6 Å². The number of piperidine rings is 1. The van der Waals surface area contributed by atoms with E-state index >= 15 is 0 Å². The molecule has 0 radical (unpaired) electrons. The minimum Gasteiger partial charge on any atom is -0.383 e. The molecule has 3 rings (SSSR count). The van der Waals surface area contributed by atoms with E-state index in [1.807, 2.05) is 0 Å². The Kier molecular flexibility index (Phi) is 6.93. The van der Waals surface area contributed by atoms with Gasteiger partial charge in [0.1, 0.15) is 0 Å². The van der Waals surface area contributed by atoms with Crippen LogP contribution < -0.4 is 0 Å². The highest BCUT2D eigenvalue weighted by Crippen LogP contribution is 2.22. The van der Waals surface area contributed by atoms with Crippen LogP contribution in [0.5, 0.6) is 0 Å². The molecule has 2 unspecified atom stereocenters. The minimum atomic E-state index is -3.01. The van der Waals surface area contributed by atoms with Crippen LogP contribution in [0.1, 0.15) is 32.1 Å². The number of hydrogen-bond donors (Lipinski definition) is 0. The zero-order valence-corrected chi connectivity index (χ0v) is 16.8. The highest BCUT2D eigenvalue weighted by atomic mass is 32.2. The summed E-state index contributed by atoms with van der Waals surface area (Å²) >= 11 is 0. The molecule has 3 saturated heterocycles. The Labute approximate surface area is 157 Å². The summed E-state index contributed by atoms with van der Waals surface area (Å²) in [5, 5.41) is 0. The Morgan fingerprint density at radius 1 is 1.15 bits per heavy atom. The molecule has 3 fully saturated rings. The molecular formula is C18H33N3O4S. The van der Waals surface area contributed by atoms with Crippen molar-refractivity contribution in [1.29, 1.82) is 0 Å². The first kappa shape index (κ1) is 20.0. The molecule has 7 nitrogen and oxygen atoms in total. The number of ether oxygens (including phenoxy) is 1. The van der Waals surface area contributed by atoms with Crippen LogP contribution in [0.2, 0.25) is 0 Å². The Balaban J connectivity index is 1.57. The van der Waals surface area contributed by atoms with Gasteiger partial charge in [0.05, 0.1) is 24.7 Å². The van der Waals surface area contributed by atoms with Gasteiger partial charge < -0.3 is 9.64 Å². The van der Waals surface area contributed by atoms with E-state index in [1.54, 1.807) is 12.0 Å². The van der Waals surface area contributed by atoms with E-state index in [9.17, 15) is 13.2 Å². The number of likely N-dealkylation sites (tertiary alicyclic amines) is 2. The maximum absolute atomic E-state index is 13.0. The molecule has 0 aromatic rings.